The number of carbonyl (C=O) groups excluding carboxylic acids is 1. The summed E-state index contributed by atoms with van der Waals surface area (Å²) in [4.78, 5) is 10.9. The van der Waals surface area contributed by atoms with Gasteiger partial charge in [-0.1, -0.05) is 12.8 Å². The van der Waals surface area contributed by atoms with Gasteiger partial charge in [-0.25, -0.2) is 0 Å². The van der Waals surface area contributed by atoms with E-state index < -0.39 is 15.4 Å². The Morgan fingerprint density at radius 1 is 0.900 bits per heavy atom. The minimum absolute atomic E-state index is 0.169. The molecule has 0 aliphatic heterocycles. The van der Waals surface area contributed by atoms with Gasteiger partial charge in [0.15, 0.2) is 5.41 Å². The summed E-state index contributed by atoms with van der Waals surface area (Å²) < 4.78 is 27.2. The van der Waals surface area contributed by atoms with Crippen molar-refractivity contribution in [3.63, 3.8) is 0 Å². The second-order valence-electron chi connectivity index (χ2n) is 4.42. The molecule has 0 spiro atoms. The summed E-state index contributed by atoms with van der Waals surface area (Å²) in [6, 6.07) is 0. The Bertz CT molecular complexity index is 253. The minimum Gasteiger partial charge on any atom is -0.375 e. The largest absolute Gasteiger partial charge is 0.405 e. The lowest BCUT2D eigenvalue weighted by molar-refractivity contribution is -0.380. The van der Waals surface area contributed by atoms with Crippen molar-refractivity contribution in [3.8, 4) is 0 Å². The van der Waals surface area contributed by atoms with Crippen LogP contribution in [0.2, 0.25) is 0 Å². The molecule has 0 saturated heterocycles. The second-order valence-corrected chi connectivity index (χ2v) is 5.18. The Morgan fingerprint density at radius 3 is 1.85 bits per heavy atom. The number of hydrogen-bond acceptors (Lipinski definition) is 5. The number of unbranched alkanes of at least 4 members (excludes halogenated alkanes) is 3. The topological polar surface area (TPSA) is 61.8 Å². The molecular formula is C14H27O5Si. The zero-order chi connectivity index (χ0) is 15.3. The van der Waals surface area contributed by atoms with E-state index in [1.165, 1.54) is 0 Å². The molecule has 0 unspecified atom stereocenters. The van der Waals surface area contributed by atoms with Crippen LogP contribution < -0.4 is 0 Å². The van der Waals surface area contributed by atoms with E-state index in [9.17, 15) is 9.26 Å². The van der Waals surface area contributed by atoms with Crippen LogP contribution in [0, 0.1) is 0 Å². The first-order valence-electron chi connectivity index (χ1n) is 7.47. The van der Waals surface area contributed by atoms with Crippen molar-refractivity contribution in [1.29, 1.82) is 0 Å². The minimum atomic E-state index is -0.926. The molecular weight excluding hydrogens is 276 g/mol. The third kappa shape index (κ3) is 8.68. The highest BCUT2D eigenvalue weighted by molar-refractivity contribution is 6.62. The van der Waals surface area contributed by atoms with Gasteiger partial charge in [-0.3, -0.25) is 4.79 Å². The Hall–Kier alpha value is -0.433. The molecule has 0 heterocycles. The monoisotopic (exact) mass is 303 g/mol. The van der Waals surface area contributed by atoms with Crippen molar-refractivity contribution in [2.45, 2.75) is 65.3 Å². The van der Waals surface area contributed by atoms with Gasteiger partial charge in [-0.05, 0) is 33.6 Å². The predicted molar refractivity (Wildman–Crippen MR) is 76.8 cm³/mol. The molecule has 0 fully saturated rings. The Kier molecular flexibility index (Phi) is 12.1. The van der Waals surface area contributed by atoms with Gasteiger partial charge in [0.2, 0.25) is 0 Å². The lowest BCUT2D eigenvalue weighted by Crippen LogP contribution is -2.39. The van der Waals surface area contributed by atoms with Crippen molar-refractivity contribution >= 4 is 14.8 Å². The highest BCUT2D eigenvalue weighted by Crippen LogP contribution is 2.23. The van der Waals surface area contributed by atoms with Gasteiger partial charge in [0.05, 0.1) is 0 Å². The molecule has 6 heteroatoms. The maximum Gasteiger partial charge on any atom is 0.405 e. The van der Waals surface area contributed by atoms with Crippen LogP contribution in [0.15, 0.2) is 0 Å². The molecule has 0 bridgehead atoms. The first-order valence-corrected chi connectivity index (χ1v) is 8.37. The zero-order valence-corrected chi connectivity index (χ0v) is 13.9. The van der Waals surface area contributed by atoms with Crippen molar-refractivity contribution in [1.82, 2.24) is 0 Å². The molecule has 0 atom stereocenters. The van der Waals surface area contributed by atoms with E-state index in [0.29, 0.717) is 32.7 Å². The number of rotatable bonds is 14. The first kappa shape index (κ1) is 19.6. The summed E-state index contributed by atoms with van der Waals surface area (Å²) in [5.74, 6) is -0.926. The summed E-state index contributed by atoms with van der Waals surface area (Å²) >= 11 is 0. The van der Waals surface area contributed by atoms with Gasteiger partial charge >= 0.3 is 9.41 Å². The maximum atomic E-state index is 10.9. The van der Waals surface area contributed by atoms with Crippen molar-refractivity contribution in [3.05, 3.63) is 0 Å². The quantitative estimate of drug-likeness (QED) is 0.280. The summed E-state index contributed by atoms with van der Waals surface area (Å²) in [7, 11) is -0.815. The van der Waals surface area contributed by atoms with E-state index in [4.69, 9.17) is 14.2 Å². The van der Waals surface area contributed by atoms with E-state index >= 15 is 0 Å². The van der Waals surface area contributed by atoms with E-state index in [1.54, 1.807) is 0 Å². The van der Waals surface area contributed by atoms with Crippen molar-refractivity contribution < 1.29 is 23.5 Å². The molecule has 0 aromatic rings. The van der Waals surface area contributed by atoms with Gasteiger partial charge < -0.3 is 18.7 Å². The molecule has 5 nitrogen and oxygen atoms in total. The van der Waals surface area contributed by atoms with Crippen LogP contribution in [0.25, 0.3) is 0 Å². The smallest absolute Gasteiger partial charge is 0.375 e. The Labute approximate surface area is 124 Å². The number of hydrogen-bond donors (Lipinski definition) is 0. The van der Waals surface area contributed by atoms with Crippen molar-refractivity contribution in [2.24, 2.45) is 0 Å². The van der Waals surface area contributed by atoms with E-state index in [0.717, 1.165) is 25.7 Å². The van der Waals surface area contributed by atoms with E-state index in [1.807, 2.05) is 20.8 Å². The lowest BCUT2D eigenvalue weighted by Gasteiger charge is -2.32. The third-order valence-electron chi connectivity index (χ3n) is 2.84. The van der Waals surface area contributed by atoms with Gasteiger partial charge in [0.1, 0.15) is 0 Å². The first-order chi connectivity index (χ1) is 9.64. The molecule has 20 heavy (non-hydrogen) atoms. The molecule has 0 aromatic carbocycles. The fraction of sp³-hybridized carbons (Fsp3) is 0.929. The Morgan fingerprint density at radius 2 is 1.40 bits per heavy atom. The van der Waals surface area contributed by atoms with Crippen LogP contribution in [0.5, 0.6) is 0 Å². The lowest BCUT2D eigenvalue weighted by atomic mass is 10.1. The maximum absolute atomic E-state index is 10.9. The highest BCUT2D eigenvalue weighted by atomic mass is 28.2. The van der Waals surface area contributed by atoms with Crippen LogP contribution >= 0.6 is 0 Å². The zero-order valence-electron chi connectivity index (χ0n) is 12.9. The summed E-state index contributed by atoms with van der Waals surface area (Å²) in [6.45, 7) is 7.38. The van der Waals surface area contributed by atoms with Crippen molar-refractivity contribution in [2.75, 3.05) is 19.8 Å². The average Bonchev–Trinajstić information content (AvgIpc) is 2.43. The molecule has 0 aliphatic carbocycles. The van der Waals surface area contributed by atoms with Crippen LogP contribution in [-0.2, 0) is 23.5 Å². The molecule has 0 N–H and O–H groups in total. The molecule has 0 rings (SSSR count). The summed E-state index contributed by atoms with van der Waals surface area (Å²) in [6.07, 6.45) is 4.71. The summed E-state index contributed by atoms with van der Waals surface area (Å²) in [5, 5.41) is -0.169. The molecule has 1 radical (unpaired) electrons. The summed E-state index contributed by atoms with van der Waals surface area (Å²) in [5.41, 5.74) is 0. The SMILES string of the molecule is CCOC(CCCCCCC(=O)[Si]=O)(OCC)OCC. The molecule has 0 amide bonds. The molecule has 0 aromatic heterocycles. The van der Waals surface area contributed by atoms with Gasteiger partial charge in [-0.15, -0.1) is 0 Å². The standard InChI is InChI=1S/C14H27O5Si/c1-4-17-14(18-5-2,19-6-3)12-10-8-7-9-11-13(15)20-16/h4-12H2,1-3H3. The van der Waals surface area contributed by atoms with Crippen LogP contribution in [0.1, 0.15) is 59.3 Å². The Balaban J connectivity index is 3.99. The fourth-order valence-electron chi connectivity index (χ4n) is 2.03. The third-order valence-corrected chi connectivity index (χ3v) is 3.32. The fourth-order valence-corrected chi connectivity index (χ4v) is 2.31. The van der Waals surface area contributed by atoms with E-state index in [2.05, 4.69) is 0 Å². The average molecular weight is 303 g/mol. The van der Waals surface area contributed by atoms with Gasteiger partial charge in [0.25, 0.3) is 5.97 Å². The van der Waals surface area contributed by atoms with Crippen LogP contribution in [0.3, 0.4) is 0 Å². The van der Waals surface area contributed by atoms with Crippen LogP contribution in [0.4, 0.5) is 0 Å². The second kappa shape index (κ2) is 12.3. The van der Waals surface area contributed by atoms with Crippen LogP contribution in [-0.4, -0.2) is 40.6 Å². The normalized spacial score (nSPS) is 11.6. The molecule has 0 saturated carbocycles. The van der Waals surface area contributed by atoms with Gasteiger partial charge in [-0.2, -0.15) is 0 Å². The predicted octanol–water partition coefficient (Wildman–Crippen LogP) is 2.67. The van der Waals surface area contributed by atoms with Gasteiger partial charge in [0, 0.05) is 32.7 Å². The highest BCUT2D eigenvalue weighted by Gasteiger charge is 2.31. The molecule has 117 valence electrons. The molecule has 0 aliphatic rings. The number of ether oxygens (including phenoxy) is 3. The number of carbonyl (C=O) groups is 1. The van der Waals surface area contributed by atoms with E-state index in [-0.39, 0.29) is 5.41 Å².